The summed E-state index contributed by atoms with van der Waals surface area (Å²) in [4.78, 5) is 11.3. The van der Waals surface area contributed by atoms with Gasteiger partial charge in [-0.15, -0.1) is 0 Å². The quantitative estimate of drug-likeness (QED) is 0.736. The molecular weight excluding hydrogens is 248 g/mol. The Hall–Kier alpha value is -0.650. The number of carbonyl (C=O) groups excluding carboxylic acids is 1. The molecule has 1 spiro atoms. The van der Waals surface area contributed by atoms with Gasteiger partial charge >= 0.3 is 5.97 Å². The van der Waals surface area contributed by atoms with Crippen molar-refractivity contribution in [1.29, 1.82) is 0 Å². The Balaban J connectivity index is 2.12. The van der Waals surface area contributed by atoms with Gasteiger partial charge in [0.2, 0.25) is 0 Å². The predicted molar refractivity (Wildman–Crippen MR) is 68.7 cm³/mol. The van der Waals surface area contributed by atoms with E-state index in [-0.39, 0.29) is 12.1 Å². The average molecular weight is 272 g/mol. The molecule has 0 radical (unpaired) electrons. The van der Waals surface area contributed by atoms with E-state index in [0.717, 1.165) is 12.8 Å². The molecule has 2 fully saturated rings. The number of hydrogen-bond acceptors (Lipinski definition) is 5. The van der Waals surface area contributed by atoms with Crippen LogP contribution in [0.1, 0.15) is 46.5 Å². The van der Waals surface area contributed by atoms with Gasteiger partial charge in [-0.05, 0) is 19.8 Å². The molecule has 0 bridgehead atoms. The van der Waals surface area contributed by atoms with E-state index in [9.17, 15) is 4.79 Å². The van der Waals surface area contributed by atoms with Gasteiger partial charge in [0, 0.05) is 13.3 Å². The lowest BCUT2D eigenvalue weighted by molar-refractivity contribution is -0.215. The SMILES string of the molecule is CCCC1(C)OCC2(CCC1OC(C)=O)OCCO2. The molecule has 0 aromatic heterocycles. The van der Waals surface area contributed by atoms with Crippen LogP contribution in [0.2, 0.25) is 0 Å². The van der Waals surface area contributed by atoms with Crippen molar-refractivity contribution >= 4 is 5.97 Å². The standard InChI is InChI=1S/C14H24O5/c1-4-6-13(3)12(19-11(2)15)5-7-14(10-18-13)16-8-9-17-14/h12H,4-10H2,1-3H3. The number of ether oxygens (including phenoxy) is 4. The summed E-state index contributed by atoms with van der Waals surface area (Å²) in [7, 11) is 0. The van der Waals surface area contributed by atoms with Crippen LogP contribution >= 0.6 is 0 Å². The fraction of sp³-hybridized carbons (Fsp3) is 0.929. The van der Waals surface area contributed by atoms with Crippen molar-refractivity contribution in [1.82, 2.24) is 0 Å². The fourth-order valence-corrected chi connectivity index (χ4v) is 2.93. The van der Waals surface area contributed by atoms with Gasteiger partial charge in [0.1, 0.15) is 18.3 Å². The maximum Gasteiger partial charge on any atom is 0.303 e. The van der Waals surface area contributed by atoms with Gasteiger partial charge in [0.25, 0.3) is 0 Å². The van der Waals surface area contributed by atoms with Crippen molar-refractivity contribution in [2.75, 3.05) is 19.8 Å². The second-order valence-corrected chi connectivity index (χ2v) is 5.60. The minimum atomic E-state index is -0.635. The van der Waals surface area contributed by atoms with Crippen LogP contribution in [0.15, 0.2) is 0 Å². The van der Waals surface area contributed by atoms with Crippen LogP contribution in [-0.4, -0.2) is 43.3 Å². The average Bonchev–Trinajstić information content (AvgIpc) is 2.76. The molecule has 0 aromatic rings. The van der Waals surface area contributed by atoms with Crippen LogP contribution in [0.25, 0.3) is 0 Å². The van der Waals surface area contributed by atoms with Gasteiger partial charge < -0.3 is 18.9 Å². The molecule has 0 saturated carbocycles. The number of carbonyl (C=O) groups is 1. The van der Waals surface area contributed by atoms with Gasteiger partial charge in [0.15, 0.2) is 5.79 Å². The molecule has 0 aliphatic carbocycles. The summed E-state index contributed by atoms with van der Waals surface area (Å²) in [6.07, 6.45) is 2.99. The summed E-state index contributed by atoms with van der Waals surface area (Å²) < 4.78 is 22.9. The summed E-state index contributed by atoms with van der Waals surface area (Å²) in [5.41, 5.74) is -0.459. The van der Waals surface area contributed by atoms with E-state index in [1.807, 2.05) is 6.92 Å². The number of rotatable bonds is 3. The van der Waals surface area contributed by atoms with Gasteiger partial charge in [-0.3, -0.25) is 4.79 Å². The van der Waals surface area contributed by atoms with Crippen LogP contribution in [0.3, 0.4) is 0 Å². The largest absolute Gasteiger partial charge is 0.459 e. The van der Waals surface area contributed by atoms with Crippen molar-refractivity contribution < 1.29 is 23.7 Å². The molecule has 0 amide bonds. The van der Waals surface area contributed by atoms with Crippen molar-refractivity contribution in [2.24, 2.45) is 0 Å². The predicted octanol–water partition coefficient (Wildman–Crippen LogP) is 2.03. The first-order valence-electron chi connectivity index (χ1n) is 7.09. The summed E-state index contributed by atoms with van der Waals surface area (Å²) in [5.74, 6) is -0.899. The highest BCUT2D eigenvalue weighted by Gasteiger charge is 2.47. The lowest BCUT2D eigenvalue weighted by Crippen LogP contribution is -2.44. The van der Waals surface area contributed by atoms with E-state index >= 15 is 0 Å². The normalized spacial score (nSPS) is 34.2. The monoisotopic (exact) mass is 272 g/mol. The molecule has 2 rings (SSSR count). The second-order valence-electron chi connectivity index (χ2n) is 5.60. The zero-order valence-corrected chi connectivity index (χ0v) is 12.1. The maximum atomic E-state index is 11.3. The van der Waals surface area contributed by atoms with E-state index < -0.39 is 11.4 Å². The van der Waals surface area contributed by atoms with E-state index in [1.54, 1.807) is 0 Å². The molecule has 2 aliphatic rings. The van der Waals surface area contributed by atoms with Crippen molar-refractivity contribution in [3.63, 3.8) is 0 Å². The third kappa shape index (κ3) is 3.27. The Morgan fingerprint density at radius 1 is 1.32 bits per heavy atom. The van der Waals surface area contributed by atoms with Gasteiger partial charge in [-0.2, -0.15) is 0 Å². The number of esters is 1. The number of hydrogen-bond donors (Lipinski definition) is 0. The fourth-order valence-electron chi connectivity index (χ4n) is 2.93. The smallest absolute Gasteiger partial charge is 0.303 e. The van der Waals surface area contributed by atoms with E-state index in [4.69, 9.17) is 18.9 Å². The summed E-state index contributed by atoms with van der Waals surface area (Å²) in [6.45, 7) is 7.16. The molecule has 2 heterocycles. The maximum absolute atomic E-state index is 11.3. The van der Waals surface area contributed by atoms with Gasteiger partial charge in [-0.25, -0.2) is 0 Å². The zero-order valence-electron chi connectivity index (χ0n) is 12.1. The topological polar surface area (TPSA) is 54.0 Å². The van der Waals surface area contributed by atoms with Crippen LogP contribution < -0.4 is 0 Å². The molecule has 2 unspecified atom stereocenters. The minimum Gasteiger partial charge on any atom is -0.459 e. The highest BCUT2D eigenvalue weighted by molar-refractivity contribution is 5.66. The van der Waals surface area contributed by atoms with E-state index in [1.165, 1.54) is 6.92 Å². The van der Waals surface area contributed by atoms with E-state index in [2.05, 4.69) is 6.92 Å². The van der Waals surface area contributed by atoms with Gasteiger partial charge in [-0.1, -0.05) is 13.3 Å². The molecule has 5 heteroatoms. The van der Waals surface area contributed by atoms with Crippen LogP contribution in [-0.2, 0) is 23.7 Å². The molecule has 2 saturated heterocycles. The Kier molecular flexibility index (Phi) is 4.48. The van der Waals surface area contributed by atoms with Crippen LogP contribution in [0.4, 0.5) is 0 Å². The Labute approximate surface area is 114 Å². The highest BCUT2D eigenvalue weighted by Crippen LogP contribution is 2.37. The third-order valence-electron chi connectivity index (χ3n) is 3.96. The Bertz CT molecular complexity index is 324. The van der Waals surface area contributed by atoms with E-state index in [0.29, 0.717) is 32.7 Å². The van der Waals surface area contributed by atoms with Crippen LogP contribution in [0, 0.1) is 0 Å². The van der Waals surface area contributed by atoms with Gasteiger partial charge in [0.05, 0.1) is 13.2 Å². The molecule has 2 aliphatic heterocycles. The first kappa shape index (κ1) is 14.8. The second kappa shape index (κ2) is 5.77. The molecular formula is C14H24O5. The van der Waals surface area contributed by atoms with Crippen LogP contribution in [0.5, 0.6) is 0 Å². The van der Waals surface area contributed by atoms with Crippen molar-refractivity contribution in [2.45, 2.75) is 63.9 Å². The molecule has 0 N–H and O–H groups in total. The molecule has 110 valence electrons. The third-order valence-corrected chi connectivity index (χ3v) is 3.96. The first-order valence-corrected chi connectivity index (χ1v) is 7.09. The lowest BCUT2D eigenvalue weighted by Gasteiger charge is -2.35. The lowest BCUT2D eigenvalue weighted by atomic mass is 9.90. The molecule has 2 atom stereocenters. The van der Waals surface area contributed by atoms with Crippen molar-refractivity contribution in [3.8, 4) is 0 Å². The van der Waals surface area contributed by atoms with Crippen molar-refractivity contribution in [3.05, 3.63) is 0 Å². The summed E-state index contributed by atoms with van der Waals surface area (Å²) in [5, 5.41) is 0. The summed E-state index contributed by atoms with van der Waals surface area (Å²) >= 11 is 0. The first-order chi connectivity index (χ1) is 9.00. The Morgan fingerprint density at radius 2 is 2.00 bits per heavy atom. The highest BCUT2D eigenvalue weighted by atomic mass is 16.8. The zero-order chi connectivity index (χ0) is 13.9. The Morgan fingerprint density at radius 3 is 2.58 bits per heavy atom. The molecule has 5 nitrogen and oxygen atoms in total. The summed E-state index contributed by atoms with van der Waals surface area (Å²) in [6, 6.07) is 0. The minimum absolute atomic E-state index is 0.239. The molecule has 19 heavy (non-hydrogen) atoms. The molecule has 0 aromatic carbocycles.